The van der Waals surface area contributed by atoms with Crippen molar-refractivity contribution < 1.29 is 22.7 Å². The van der Waals surface area contributed by atoms with Crippen molar-refractivity contribution in [3.63, 3.8) is 0 Å². The number of likely N-dealkylation sites (tertiary alicyclic amines) is 2. The molecule has 2 aliphatic heterocycles. The lowest BCUT2D eigenvalue weighted by molar-refractivity contribution is -0.122. The first-order valence-corrected chi connectivity index (χ1v) is 22.4. The van der Waals surface area contributed by atoms with Crippen molar-refractivity contribution in [1.82, 2.24) is 29.5 Å². The predicted molar refractivity (Wildman–Crippen MR) is 229 cm³/mol. The summed E-state index contributed by atoms with van der Waals surface area (Å²) in [6.07, 6.45) is 7.52. The average Bonchev–Trinajstić information content (AvgIpc) is 3.50. The number of pyridine rings is 2. The Morgan fingerprint density at radius 1 is 0.967 bits per heavy atom. The Labute approximate surface area is 348 Å². The topological polar surface area (TPSA) is 178 Å². The number of aliphatic hydroxyl groups is 1. The number of oxazole rings is 1. The largest absolute Gasteiger partial charge is 0.435 e. The summed E-state index contributed by atoms with van der Waals surface area (Å²) < 4.78 is 33.7. The number of carbonyl (C=O) groups excluding carboxylic acids is 1. The number of aromatic nitrogens is 3. The van der Waals surface area contributed by atoms with Crippen LogP contribution in [-0.4, -0.2) is 81.7 Å². The molecular weight excluding hydrogens is 777 g/mol. The molecule has 1 unspecified atom stereocenters. The summed E-state index contributed by atoms with van der Waals surface area (Å²) in [7, 11) is -3.60. The number of fused-ring (bicyclic) bond motifs is 3. The first kappa shape index (κ1) is 38.5. The lowest BCUT2D eigenvalue weighted by Gasteiger charge is -2.24. The van der Waals surface area contributed by atoms with Crippen LogP contribution in [-0.2, 0) is 27.8 Å². The molecule has 2 aliphatic carbocycles. The molecule has 3 fully saturated rings. The number of β-amino-alcohol motifs (C(OH)–C–C–N with tert-alkyl or cyclic N) is 1. The Bertz CT molecular complexity index is 2870. The molecule has 0 bridgehead atoms. The van der Waals surface area contributed by atoms with Crippen molar-refractivity contribution in [2.24, 2.45) is 5.92 Å². The van der Waals surface area contributed by atoms with Crippen LogP contribution in [0, 0.1) is 31.1 Å². The lowest BCUT2D eigenvalue weighted by Crippen LogP contribution is -2.38. The van der Waals surface area contributed by atoms with Crippen LogP contribution in [0.1, 0.15) is 71.5 Å². The zero-order valence-electron chi connectivity index (χ0n) is 33.6. The van der Waals surface area contributed by atoms with Gasteiger partial charge in [0.25, 0.3) is 0 Å². The molecule has 4 aliphatic rings. The highest BCUT2D eigenvalue weighted by Crippen LogP contribution is 2.44. The Morgan fingerprint density at radius 3 is 2.55 bits per heavy atom. The molecule has 5 heterocycles. The van der Waals surface area contributed by atoms with Gasteiger partial charge < -0.3 is 14.8 Å². The number of amides is 1. The van der Waals surface area contributed by atoms with Gasteiger partial charge in [-0.15, -0.1) is 0 Å². The lowest BCUT2D eigenvalue weighted by atomic mass is 9.93. The van der Waals surface area contributed by atoms with Crippen molar-refractivity contribution in [2.45, 2.75) is 76.3 Å². The minimum absolute atomic E-state index is 0.00336. The molecule has 3 N–H and O–H groups in total. The SMILES string of the molecule is Cc1c(Nc2nccc3cc(CN4CC[C@@H](O)C4)cnc23)cccc1-c1cccc(-c2nc3cc4c(c(C#N)c3o2)CCC4N2CC[C@@H](C(=O)NS(=O)(=O)C3CC3)C2)c1C. The molecule has 13 nitrogen and oxygen atoms in total. The number of rotatable bonds is 10. The molecule has 14 heteroatoms. The third kappa shape index (κ3) is 6.99. The van der Waals surface area contributed by atoms with E-state index in [4.69, 9.17) is 14.4 Å². The van der Waals surface area contributed by atoms with Crippen LogP contribution in [0.3, 0.4) is 0 Å². The minimum atomic E-state index is -3.60. The van der Waals surface area contributed by atoms with Gasteiger partial charge in [-0.05, 0) is 128 Å². The van der Waals surface area contributed by atoms with E-state index in [0.29, 0.717) is 73.7 Å². The molecule has 60 heavy (non-hydrogen) atoms. The molecule has 2 saturated heterocycles. The minimum Gasteiger partial charge on any atom is -0.435 e. The van der Waals surface area contributed by atoms with Gasteiger partial charge in [-0.1, -0.05) is 24.3 Å². The Hall–Kier alpha value is -5.72. The zero-order chi connectivity index (χ0) is 41.3. The molecule has 3 aromatic heterocycles. The van der Waals surface area contributed by atoms with E-state index in [1.54, 1.807) is 6.20 Å². The van der Waals surface area contributed by atoms with Crippen molar-refractivity contribution in [1.29, 1.82) is 5.26 Å². The number of hydrogen-bond donors (Lipinski definition) is 3. The normalized spacial score (nSPS) is 20.8. The number of nitrogens with zero attached hydrogens (tertiary/aromatic N) is 6. The molecule has 3 aromatic carbocycles. The summed E-state index contributed by atoms with van der Waals surface area (Å²) in [5.41, 5.74) is 11.3. The van der Waals surface area contributed by atoms with Crippen LogP contribution >= 0.6 is 0 Å². The second kappa shape index (κ2) is 15.1. The third-order valence-corrected chi connectivity index (χ3v) is 14.8. The standard InChI is InChI=1S/C46H46N8O5S/c1-26-33(34-6-4-8-39(27(34)2)50-44-42-29(13-16-48-44)19-28(22-49-42)23-53-17-15-31(55)25-53)5-3-7-35(26)46-51-40-20-37-36(38(21-47)43(40)59-46)11-12-41(37)54-18-14-30(24-54)45(56)52-60(57,58)32-9-10-32/h3-8,13,16,19-20,22,30-32,41,55H,9-12,14-15,17-18,23-25H2,1-2H3,(H,48,50)(H,52,56)/t30-,31-,41?/m1/s1. The van der Waals surface area contributed by atoms with Gasteiger partial charge in [-0.2, -0.15) is 5.26 Å². The van der Waals surface area contributed by atoms with Crippen LogP contribution in [0.5, 0.6) is 0 Å². The Kier molecular flexibility index (Phi) is 9.67. The van der Waals surface area contributed by atoms with Crippen molar-refractivity contribution in [3.05, 3.63) is 100 Å². The second-order valence-corrected chi connectivity index (χ2v) is 18.8. The van der Waals surface area contributed by atoms with Crippen LogP contribution in [0.2, 0.25) is 0 Å². The van der Waals surface area contributed by atoms with Crippen LogP contribution < -0.4 is 10.0 Å². The summed E-state index contributed by atoms with van der Waals surface area (Å²) in [5, 5.41) is 24.5. The number of carbonyl (C=O) groups is 1. The smallest absolute Gasteiger partial charge is 0.237 e. The molecule has 1 saturated carbocycles. The highest BCUT2D eigenvalue weighted by molar-refractivity contribution is 7.90. The van der Waals surface area contributed by atoms with E-state index in [2.05, 4.69) is 62.9 Å². The molecule has 10 rings (SSSR count). The van der Waals surface area contributed by atoms with E-state index in [0.717, 1.165) is 87.0 Å². The monoisotopic (exact) mass is 822 g/mol. The summed E-state index contributed by atoms with van der Waals surface area (Å²) in [6, 6.07) is 20.8. The van der Waals surface area contributed by atoms with Gasteiger partial charge in [-0.3, -0.25) is 24.3 Å². The van der Waals surface area contributed by atoms with E-state index < -0.39 is 27.1 Å². The maximum atomic E-state index is 13.0. The second-order valence-electron chi connectivity index (χ2n) is 16.9. The molecule has 3 atom stereocenters. The van der Waals surface area contributed by atoms with Gasteiger partial charge in [0.15, 0.2) is 11.4 Å². The highest BCUT2D eigenvalue weighted by Gasteiger charge is 2.41. The first-order valence-electron chi connectivity index (χ1n) is 20.8. The van der Waals surface area contributed by atoms with E-state index in [1.165, 1.54) is 0 Å². The molecule has 6 aromatic rings. The van der Waals surface area contributed by atoms with Gasteiger partial charge in [0.05, 0.1) is 17.3 Å². The van der Waals surface area contributed by atoms with Gasteiger partial charge in [0.1, 0.15) is 22.7 Å². The fourth-order valence-electron chi connectivity index (χ4n) is 9.56. The van der Waals surface area contributed by atoms with E-state index in [9.17, 15) is 23.6 Å². The number of nitrogens with one attached hydrogen (secondary N) is 2. The molecule has 306 valence electrons. The van der Waals surface area contributed by atoms with Gasteiger partial charge in [0.2, 0.25) is 21.8 Å². The maximum Gasteiger partial charge on any atom is 0.237 e. The van der Waals surface area contributed by atoms with Crippen molar-refractivity contribution in [2.75, 3.05) is 31.5 Å². The van der Waals surface area contributed by atoms with Crippen molar-refractivity contribution >= 4 is 49.4 Å². The Morgan fingerprint density at radius 2 is 1.77 bits per heavy atom. The van der Waals surface area contributed by atoms with Crippen LogP contribution in [0.25, 0.3) is 44.6 Å². The molecule has 0 radical (unpaired) electrons. The number of nitriles is 1. The molecule has 0 spiro atoms. The maximum absolute atomic E-state index is 13.0. The quantitative estimate of drug-likeness (QED) is 0.132. The first-order chi connectivity index (χ1) is 29.0. The summed E-state index contributed by atoms with van der Waals surface area (Å²) in [4.78, 5) is 31.9. The fraction of sp³-hybridized carbons (Fsp3) is 0.370. The number of hydrogen-bond acceptors (Lipinski definition) is 12. The number of anilines is 2. The summed E-state index contributed by atoms with van der Waals surface area (Å²) in [6.45, 7) is 7.59. The third-order valence-electron chi connectivity index (χ3n) is 12.9. The van der Waals surface area contributed by atoms with Gasteiger partial charge >= 0.3 is 0 Å². The van der Waals surface area contributed by atoms with Crippen LogP contribution in [0.4, 0.5) is 11.5 Å². The fourth-order valence-corrected chi connectivity index (χ4v) is 10.9. The zero-order valence-corrected chi connectivity index (χ0v) is 34.4. The van der Waals surface area contributed by atoms with Gasteiger partial charge in [-0.25, -0.2) is 18.4 Å². The Balaban J connectivity index is 0.908. The molecular formula is C46H46N8O5S. The number of aliphatic hydroxyl groups excluding tert-OH is 1. The average molecular weight is 823 g/mol. The van der Waals surface area contributed by atoms with Crippen molar-refractivity contribution in [3.8, 4) is 28.7 Å². The number of benzene rings is 3. The summed E-state index contributed by atoms with van der Waals surface area (Å²) in [5.74, 6) is 0.286. The van der Waals surface area contributed by atoms with E-state index in [1.807, 2.05) is 42.6 Å². The van der Waals surface area contributed by atoms with Gasteiger partial charge in [0, 0.05) is 61.3 Å². The van der Waals surface area contributed by atoms with Crippen LogP contribution in [0.15, 0.2) is 71.4 Å². The number of sulfonamides is 1. The predicted octanol–water partition coefficient (Wildman–Crippen LogP) is 6.82. The molecule has 1 amide bonds. The van der Waals surface area contributed by atoms with E-state index >= 15 is 0 Å². The highest BCUT2D eigenvalue weighted by atomic mass is 32.2. The summed E-state index contributed by atoms with van der Waals surface area (Å²) >= 11 is 0. The van der Waals surface area contributed by atoms with E-state index in [-0.39, 0.29) is 12.1 Å².